The molecule has 1 aromatic heterocycles. The van der Waals surface area contributed by atoms with E-state index >= 15 is 0 Å². The second-order valence-electron chi connectivity index (χ2n) is 11.8. The lowest BCUT2D eigenvalue weighted by molar-refractivity contribution is -0.0747. The lowest BCUT2D eigenvalue weighted by atomic mass is 9.48. The van der Waals surface area contributed by atoms with Gasteiger partial charge in [-0.15, -0.1) is 0 Å². The zero-order valence-electron chi connectivity index (χ0n) is 19.4. The molecule has 1 aromatic rings. The van der Waals surface area contributed by atoms with Gasteiger partial charge in [0.25, 0.3) is 0 Å². The molecule has 164 valence electrons. The van der Waals surface area contributed by atoms with Crippen LogP contribution >= 0.6 is 0 Å². The van der Waals surface area contributed by atoms with E-state index < -0.39 is 0 Å². The summed E-state index contributed by atoms with van der Waals surface area (Å²) < 4.78 is 2.02. The Morgan fingerprint density at radius 1 is 1.13 bits per heavy atom. The predicted molar refractivity (Wildman–Crippen MR) is 120 cm³/mol. The average Bonchev–Trinajstić information content (AvgIpc) is 3.36. The SMILES string of the molecule is CC[C@H]1CC[C@@H]2C3CC[C@@]4(C)C(CCC4[C@@H](C)Cn4ccc(C#N)n4)[C@@H]3CC[C@@H]2C1. The van der Waals surface area contributed by atoms with Gasteiger partial charge in [-0.3, -0.25) is 4.68 Å². The second kappa shape index (κ2) is 7.99. The molecular weight excluding hydrogens is 366 g/mol. The number of hydrogen-bond donors (Lipinski definition) is 0. The van der Waals surface area contributed by atoms with E-state index in [1.54, 1.807) is 6.42 Å². The van der Waals surface area contributed by atoms with Crippen molar-refractivity contribution >= 4 is 0 Å². The first-order valence-electron chi connectivity index (χ1n) is 13.0. The van der Waals surface area contributed by atoms with Crippen molar-refractivity contribution in [2.24, 2.45) is 52.8 Å². The molecule has 9 atom stereocenters. The van der Waals surface area contributed by atoms with E-state index in [9.17, 15) is 0 Å². The number of rotatable bonds is 4. The highest BCUT2D eigenvalue weighted by Gasteiger charge is 2.57. The summed E-state index contributed by atoms with van der Waals surface area (Å²) in [7, 11) is 0. The molecule has 4 aliphatic rings. The fraction of sp³-hybridized carbons (Fsp3) is 0.852. The van der Waals surface area contributed by atoms with Crippen LogP contribution in [0.4, 0.5) is 0 Å². The first-order valence-corrected chi connectivity index (χ1v) is 13.0. The molecule has 0 radical (unpaired) electrons. The van der Waals surface area contributed by atoms with Crippen LogP contribution in [0.3, 0.4) is 0 Å². The molecule has 4 fully saturated rings. The van der Waals surface area contributed by atoms with Crippen LogP contribution in [0.15, 0.2) is 12.3 Å². The quantitative estimate of drug-likeness (QED) is 0.558. The standard InChI is InChI=1S/C27H41N3/c1-4-19-5-7-22-20(15-19)6-8-24-23(22)11-13-27(3)25(9-10-26(24)27)18(2)17-30-14-12-21(16-28)29-30/h12,14,18-20,22-26H,4-11,13,15,17H2,1-3H3/t18-,19-,20+,22-,23?,24+,25?,26?,27+/m0/s1. The Balaban J connectivity index is 1.29. The topological polar surface area (TPSA) is 41.6 Å². The molecule has 0 aromatic carbocycles. The van der Waals surface area contributed by atoms with Crippen molar-refractivity contribution in [3.63, 3.8) is 0 Å². The van der Waals surface area contributed by atoms with Gasteiger partial charge in [-0.1, -0.05) is 33.6 Å². The third-order valence-electron chi connectivity index (χ3n) is 10.6. The highest BCUT2D eigenvalue weighted by atomic mass is 15.3. The van der Waals surface area contributed by atoms with Crippen molar-refractivity contribution in [3.8, 4) is 6.07 Å². The molecule has 1 heterocycles. The number of nitrogens with zero attached hydrogens (tertiary/aromatic N) is 3. The van der Waals surface area contributed by atoms with Gasteiger partial charge in [0.1, 0.15) is 6.07 Å². The Kier molecular flexibility index (Phi) is 5.49. The lowest BCUT2D eigenvalue weighted by Gasteiger charge is -2.57. The van der Waals surface area contributed by atoms with Gasteiger partial charge in [-0.25, -0.2) is 0 Å². The second-order valence-corrected chi connectivity index (χ2v) is 11.8. The fourth-order valence-corrected chi connectivity index (χ4v) is 9.24. The molecule has 3 nitrogen and oxygen atoms in total. The van der Waals surface area contributed by atoms with Crippen molar-refractivity contribution < 1.29 is 0 Å². The molecule has 3 heteroatoms. The highest BCUT2D eigenvalue weighted by Crippen LogP contribution is 2.65. The van der Waals surface area contributed by atoms with E-state index in [0.29, 0.717) is 17.0 Å². The van der Waals surface area contributed by atoms with Crippen molar-refractivity contribution in [2.75, 3.05) is 0 Å². The van der Waals surface area contributed by atoms with Gasteiger partial charge < -0.3 is 0 Å². The van der Waals surface area contributed by atoms with E-state index in [1.807, 2.05) is 16.9 Å². The normalized spacial score (nSPS) is 43.9. The summed E-state index contributed by atoms with van der Waals surface area (Å²) in [5.41, 5.74) is 1.08. The summed E-state index contributed by atoms with van der Waals surface area (Å²) in [5, 5.41) is 13.5. The monoisotopic (exact) mass is 407 g/mol. The molecule has 0 saturated heterocycles. The molecule has 0 amide bonds. The zero-order valence-corrected chi connectivity index (χ0v) is 19.4. The predicted octanol–water partition coefficient (Wildman–Crippen LogP) is 6.69. The van der Waals surface area contributed by atoms with E-state index in [0.717, 1.165) is 48.0 Å². The molecule has 4 aliphatic carbocycles. The van der Waals surface area contributed by atoms with Crippen LogP contribution in [0.2, 0.25) is 0 Å². The van der Waals surface area contributed by atoms with E-state index in [2.05, 4.69) is 31.9 Å². The Labute approximate surface area is 183 Å². The molecule has 5 rings (SSSR count). The molecule has 0 aliphatic heterocycles. The number of nitriles is 1. The van der Waals surface area contributed by atoms with Gasteiger partial charge in [-0.2, -0.15) is 10.4 Å². The molecule has 30 heavy (non-hydrogen) atoms. The minimum atomic E-state index is 0.527. The zero-order chi connectivity index (χ0) is 20.9. The maximum Gasteiger partial charge on any atom is 0.162 e. The number of aromatic nitrogens is 2. The minimum absolute atomic E-state index is 0.527. The summed E-state index contributed by atoms with van der Waals surface area (Å²) >= 11 is 0. The molecule has 3 unspecified atom stereocenters. The maximum atomic E-state index is 9.09. The summed E-state index contributed by atoms with van der Waals surface area (Å²) in [5.74, 6) is 7.60. The van der Waals surface area contributed by atoms with Crippen LogP contribution in [-0.2, 0) is 6.54 Å². The van der Waals surface area contributed by atoms with Crippen LogP contribution < -0.4 is 0 Å². The first kappa shape index (κ1) is 20.6. The summed E-state index contributed by atoms with van der Waals surface area (Å²) in [6.07, 6.45) is 16.9. The van der Waals surface area contributed by atoms with Gasteiger partial charge in [0.05, 0.1) is 0 Å². The molecule has 0 spiro atoms. The van der Waals surface area contributed by atoms with Gasteiger partial charge in [-0.05, 0) is 110 Å². The highest BCUT2D eigenvalue weighted by molar-refractivity contribution is 5.16. The van der Waals surface area contributed by atoms with Crippen molar-refractivity contribution in [2.45, 2.75) is 91.5 Å². The Hall–Kier alpha value is -1.30. The van der Waals surface area contributed by atoms with Gasteiger partial charge >= 0.3 is 0 Å². The van der Waals surface area contributed by atoms with Crippen molar-refractivity contribution in [1.82, 2.24) is 9.78 Å². The van der Waals surface area contributed by atoms with Crippen molar-refractivity contribution in [3.05, 3.63) is 18.0 Å². The smallest absolute Gasteiger partial charge is 0.162 e. The fourth-order valence-electron chi connectivity index (χ4n) is 9.24. The van der Waals surface area contributed by atoms with Gasteiger partial charge in [0, 0.05) is 12.7 Å². The van der Waals surface area contributed by atoms with E-state index in [4.69, 9.17) is 5.26 Å². The summed E-state index contributed by atoms with van der Waals surface area (Å²) in [4.78, 5) is 0. The largest absolute Gasteiger partial charge is 0.271 e. The van der Waals surface area contributed by atoms with E-state index in [1.165, 1.54) is 57.8 Å². The van der Waals surface area contributed by atoms with Crippen LogP contribution in [0.5, 0.6) is 0 Å². The minimum Gasteiger partial charge on any atom is -0.271 e. The van der Waals surface area contributed by atoms with Crippen LogP contribution in [-0.4, -0.2) is 9.78 Å². The lowest BCUT2D eigenvalue weighted by Crippen LogP contribution is -2.49. The first-order chi connectivity index (χ1) is 14.5. The molecule has 0 N–H and O–H groups in total. The van der Waals surface area contributed by atoms with Gasteiger partial charge in [0.2, 0.25) is 0 Å². The Morgan fingerprint density at radius 3 is 2.73 bits per heavy atom. The van der Waals surface area contributed by atoms with E-state index in [-0.39, 0.29) is 0 Å². The van der Waals surface area contributed by atoms with Crippen molar-refractivity contribution in [1.29, 1.82) is 5.26 Å². The maximum absolute atomic E-state index is 9.09. The Morgan fingerprint density at radius 2 is 1.97 bits per heavy atom. The third-order valence-corrected chi connectivity index (χ3v) is 10.6. The Bertz CT molecular complexity index is 790. The molecular formula is C27H41N3. The number of fused-ring (bicyclic) bond motifs is 5. The average molecular weight is 408 g/mol. The van der Waals surface area contributed by atoms with Crippen LogP contribution in [0.25, 0.3) is 0 Å². The third kappa shape index (κ3) is 3.34. The van der Waals surface area contributed by atoms with Gasteiger partial charge in [0.15, 0.2) is 5.69 Å². The van der Waals surface area contributed by atoms with Crippen LogP contribution in [0.1, 0.15) is 90.7 Å². The summed E-state index contributed by atoms with van der Waals surface area (Å²) in [6, 6.07) is 4.02. The number of hydrogen-bond acceptors (Lipinski definition) is 2. The molecule has 4 saturated carbocycles. The van der Waals surface area contributed by atoms with Crippen LogP contribution in [0, 0.1) is 64.1 Å². The molecule has 0 bridgehead atoms. The summed E-state index contributed by atoms with van der Waals surface area (Å²) in [6.45, 7) is 8.48.